The summed E-state index contributed by atoms with van der Waals surface area (Å²) in [4.78, 5) is 15.0. The summed E-state index contributed by atoms with van der Waals surface area (Å²) in [5.74, 6) is -0.836. The summed E-state index contributed by atoms with van der Waals surface area (Å²) in [6.07, 6.45) is 0. The van der Waals surface area contributed by atoms with Gasteiger partial charge in [-0.1, -0.05) is 27.5 Å². The molecule has 0 aliphatic rings. The number of thiophene rings is 1. The first-order valence-corrected chi connectivity index (χ1v) is 7.98. The second-order valence-electron chi connectivity index (χ2n) is 4.15. The average molecular weight is 377 g/mol. The molecule has 0 fully saturated rings. The van der Waals surface area contributed by atoms with E-state index in [1.807, 2.05) is 13.0 Å². The van der Waals surface area contributed by atoms with Crippen molar-refractivity contribution in [3.63, 3.8) is 0 Å². The lowest BCUT2D eigenvalue weighted by atomic mass is 10.2. The van der Waals surface area contributed by atoms with Gasteiger partial charge in [-0.2, -0.15) is 0 Å². The monoisotopic (exact) mass is 375 g/mol. The van der Waals surface area contributed by atoms with E-state index in [2.05, 4.69) is 15.9 Å². The summed E-state index contributed by atoms with van der Waals surface area (Å²) in [5, 5.41) is 0. The molecule has 0 bridgehead atoms. The minimum atomic E-state index is -0.513. The Bertz CT molecular complexity index is 631. The number of hydrogen-bond acceptors (Lipinski definition) is 2. The highest BCUT2D eigenvalue weighted by molar-refractivity contribution is 9.10. The van der Waals surface area contributed by atoms with E-state index in [4.69, 9.17) is 11.6 Å². The van der Waals surface area contributed by atoms with Gasteiger partial charge in [0.1, 0.15) is 5.82 Å². The number of rotatable bonds is 4. The van der Waals surface area contributed by atoms with Crippen LogP contribution in [0.25, 0.3) is 0 Å². The standard InChI is InChI=1S/C14H12BrClFNOS/c1-2-18(8-10-4-6-13(16)20-10)14(19)11-7-9(15)3-5-12(11)17/h3-7H,2,8H2,1H3. The van der Waals surface area contributed by atoms with Gasteiger partial charge < -0.3 is 4.90 Å². The Morgan fingerprint density at radius 2 is 2.15 bits per heavy atom. The third-order valence-corrected chi connectivity index (χ3v) is 4.51. The number of amides is 1. The van der Waals surface area contributed by atoms with Gasteiger partial charge in [-0.15, -0.1) is 11.3 Å². The Hall–Kier alpha value is -0.910. The van der Waals surface area contributed by atoms with Crippen LogP contribution in [0.5, 0.6) is 0 Å². The molecule has 0 N–H and O–H groups in total. The zero-order valence-electron chi connectivity index (χ0n) is 10.7. The lowest BCUT2D eigenvalue weighted by molar-refractivity contribution is 0.0749. The second-order valence-corrected chi connectivity index (χ2v) is 6.86. The van der Waals surface area contributed by atoms with Crippen LogP contribution in [0.15, 0.2) is 34.8 Å². The van der Waals surface area contributed by atoms with E-state index in [1.165, 1.54) is 23.5 Å². The van der Waals surface area contributed by atoms with Crippen LogP contribution < -0.4 is 0 Å². The topological polar surface area (TPSA) is 20.3 Å². The van der Waals surface area contributed by atoms with Gasteiger partial charge in [-0.05, 0) is 37.3 Å². The minimum absolute atomic E-state index is 0.0730. The first-order valence-electron chi connectivity index (χ1n) is 5.99. The maximum Gasteiger partial charge on any atom is 0.257 e. The molecule has 0 saturated carbocycles. The number of benzene rings is 1. The van der Waals surface area contributed by atoms with Crippen molar-refractivity contribution in [1.29, 1.82) is 0 Å². The molecule has 0 unspecified atom stereocenters. The number of carbonyl (C=O) groups excluding carboxylic acids is 1. The van der Waals surface area contributed by atoms with Crippen LogP contribution in [0.1, 0.15) is 22.2 Å². The van der Waals surface area contributed by atoms with Gasteiger partial charge >= 0.3 is 0 Å². The van der Waals surface area contributed by atoms with Gasteiger partial charge in [-0.3, -0.25) is 4.79 Å². The summed E-state index contributed by atoms with van der Waals surface area (Å²) < 4.78 is 15.1. The van der Waals surface area contributed by atoms with Gasteiger partial charge in [-0.25, -0.2) is 4.39 Å². The Morgan fingerprint density at radius 3 is 2.75 bits per heavy atom. The van der Waals surface area contributed by atoms with E-state index in [-0.39, 0.29) is 11.5 Å². The van der Waals surface area contributed by atoms with E-state index in [0.717, 1.165) is 4.88 Å². The zero-order valence-corrected chi connectivity index (χ0v) is 13.9. The van der Waals surface area contributed by atoms with E-state index in [1.54, 1.807) is 17.0 Å². The molecule has 0 aliphatic carbocycles. The molecule has 0 saturated heterocycles. The van der Waals surface area contributed by atoms with Crippen molar-refractivity contribution in [2.45, 2.75) is 13.5 Å². The van der Waals surface area contributed by atoms with E-state index >= 15 is 0 Å². The molecule has 1 aromatic heterocycles. The van der Waals surface area contributed by atoms with Crippen molar-refractivity contribution in [2.75, 3.05) is 6.54 Å². The van der Waals surface area contributed by atoms with Crippen LogP contribution in [-0.4, -0.2) is 17.4 Å². The van der Waals surface area contributed by atoms with E-state index < -0.39 is 5.82 Å². The fourth-order valence-electron chi connectivity index (χ4n) is 1.78. The molecule has 2 aromatic rings. The van der Waals surface area contributed by atoms with Crippen molar-refractivity contribution in [1.82, 2.24) is 4.90 Å². The van der Waals surface area contributed by atoms with Crippen molar-refractivity contribution >= 4 is 44.8 Å². The summed E-state index contributed by atoms with van der Waals surface area (Å²) in [6.45, 7) is 2.79. The molecule has 2 rings (SSSR count). The molecule has 0 spiro atoms. The smallest absolute Gasteiger partial charge is 0.257 e. The highest BCUT2D eigenvalue weighted by Crippen LogP contribution is 2.24. The van der Waals surface area contributed by atoms with Gasteiger partial charge in [0.15, 0.2) is 0 Å². The Kier molecular flexibility index (Phi) is 5.18. The molecule has 1 aromatic carbocycles. The molecule has 6 heteroatoms. The highest BCUT2D eigenvalue weighted by atomic mass is 79.9. The summed E-state index contributed by atoms with van der Waals surface area (Å²) in [5.41, 5.74) is 0.0730. The molecule has 106 valence electrons. The normalized spacial score (nSPS) is 10.6. The van der Waals surface area contributed by atoms with E-state index in [0.29, 0.717) is 21.9 Å². The Balaban J connectivity index is 2.22. The van der Waals surface area contributed by atoms with Gasteiger partial charge in [0, 0.05) is 15.9 Å². The average Bonchev–Trinajstić information content (AvgIpc) is 2.83. The van der Waals surface area contributed by atoms with Crippen molar-refractivity contribution in [3.8, 4) is 0 Å². The molecular weight excluding hydrogens is 365 g/mol. The van der Waals surface area contributed by atoms with Crippen molar-refractivity contribution in [3.05, 3.63) is 55.4 Å². The molecule has 1 heterocycles. The predicted molar refractivity (Wildman–Crippen MR) is 83.8 cm³/mol. The lowest BCUT2D eigenvalue weighted by Gasteiger charge is -2.20. The SMILES string of the molecule is CCN(Cc1ccc(Cl)s1)C(=O)c1cc(Br)ccc1F. The zero-order chi connectivity index (χ0) is 14.7. The number of carbonyl (C=O) groups is 1. The number of halogens is 3. The number of hydrogen-bond donors (Lipinski definition) is 0. The third-order valence-electron chi connectivity index (χ3n) is 2.80. The van der Waals surface area contributed by atoms with Gasteiger partial charge in [0.2, 0.25) is 0 Å². The van der Waals surface area contributed by atoms with Gasteiger partial charge in [0.25, 0.3) is 5.91 Å². The largest absolute Gasteiger partial charge is 0.334 e. The molecule has 1 amide bonds. The Morgan fingerprint density at radius 1 is 1.40 bits per heavy atom. The molecule has 0 atom stereocenters. The van der Waals surface area contributed by atoms with Crippen molar-refractivity contribution in [2.24, 2.45) is 0 Å². The second kappa shape index (κ2) is 6.70. The minimum Gasteiger partial charge on any atom is -0.334 e. The summed E-state index contributed by atoms with van der Waals surface area (Å²) >= 11 is 10.6. The highest BCUT2D eigenvalue weighted by Gasteiger charge is 2.19. The van der Waals surface area contributed by atoms with Crippen LogP contribution in [0, 0.1) is 5.82 Å². The fraction of sp³-hybridized carbons (Fsp3) is 0.214. The summed E-state index contributed by atoms with van der Waals surface area (Å²) in [6, 6.07) is 8.02. The van der Waals surface area contributed by atoms with Crippen molar-refractivity contribution < 1.29 is 9.18 Å². The third kappa shape index (κ3) is 3.59. The Labute approximate surface area is 134 Å². The molecule has 0 radical (unpaired) electrons. The van der Waals surface area contributed by atoms with Crippen LogP contribution in [0.3, 0.4) is 0 Å². The first kappa shape index (κ1) is 15.5. The maximum absolute atomic E-state index is 13.8. The first-order chi connectivity index (χ1) is 9.51. The van der Waals surface area contributed by atoms with Crippen LogP contribution in [-0.2, 0) is 6.54 Å². The van der Waals surface area contributed by atoms with Crippen LogP contribution in [0.2, 0.25) is 4.34 Å². The molecule has 2 nitrogen and oxygen atoms in total. The molecular formula is C14H12BrClFNOS. The maximum atomic E-state index is 13.8. The molecule has 0 aliphatic heterocycles. The van der Waals surface area contributed by atoms with Crippen LogP contribution in [0.4, 0.5) is 4.39 Å². The number of nitrogens with zero attached hydrogens (tertiary/aromatic N) is 1. The van der Waals surface area contributed by atoms with Crippen LogP contribution >= 0.6 is 38.9 Å². The van der Waals surface area contributed by atoms with Gasteiger partial charge in [0.05, 0.1) is 16.4 Å². The fourth-order valence-corrected chi connectivity index (χ4v) is 3.25. The quantitative estimate of drug-likeness (QED) is 0.738. The lowest BCUT2D eigenvalue weighted by Crippen LogP contribution is -2.30. The van der Waals surface area contributed by atoms with E-state index in [9.17, 15) is 9.18 Å². The molecule has 20 heavy (non-hydrogen) atoms. The predicted octanol–water partition coefficient (Wildman–Crippen LogP) is 4.97. The summed E-state index contributed by atoms with van der Waals surface area (Å²) in [7, 11) is 0.